The molecule has 3 rings (SSSR count). The molecule has 2 aromatic carbocycles. The fourth-order valence-corrected chi connectivity index (χ4v) is 3.00. The molecular weight excluding hydrogens is 268 g/mol. The normalized spacial score (nSPS) is 13.0. The maximum Gasteiger partial charge on any atom is 0.348 e. The molecule has 0 fully saturated rings. The van der Waals surface area contributed by atoms with E-state index in [9.17, 15) is 4.79 Å². The fourth-order valence-electron chi connectivity index (χ4n) is 3.00. The Hall–Kier alpha value is -2.23. The van der Waals surface area contributed by atoms with Gasteiger partial charge in [-0.3, -0.25) is 0 Å². The number of carbonyl (C=O) groups is 1. The van der Waals surface area contributed by atoms with Crippen LogP contribution < -0.4 is 14.2 Å². The first kappa shape index (κ1) is 13.7. The number of hydrogen-bond donors (Lipinski definition) is 0. The minimum absolute atomic E-state index is 0.310. The molecule has 4 nitrogen and oxygen atoms in total. The van der Waals surface area contributed by atoms with Crippen LogP contribution in [-0.4, -0.2) is 20.2 Å². The minimum Gasteiger partial charge on any atom is -0.496 e. The van der Waals surface area contributed by atoms with Crippen LogP contribution in [0, 0.1) is 6.92 Å². The lowest BCUT2D eigenvalue weighted by atomic mass is 9.91. The molecule has 0 N–H and O–H groups in total. The molecule has 0 aromatic heterocycles. The van der Waals surface area contributed by atoms with Crippen LogP contribution in [0.2, 0.25) is 0 Å². The second kappa shape index (κ2) is 4.65. The number of ether oxygens (including phenoxy) is 3. The smallest absolute Gasteiger partial charge is 0.348 e. The van der Waals surface area contributed by atoms with E-state index in [4.69, 9.17) is 14.2 Å². The summed E-state index contributed by atoms with van der Waals surface area (Å²) in [6.45, 7) is 6.19. The maximum atomic E-state index is 12.2. The third-order valence-corrected chi connectivity index (χ3v) is 3.96. The van der Waals surface area contributed by atoms with Crippen molar-refractivity contribution in [1.82, 2.24) is 0 Å². The van der Waals surface area contributed by atoms with Gasteiger partial charge in [-0.2, -0.15) is 0 Å². The van der Waals surface area contributed by atoms with Crippen LogP contribution in [0.25, 0.3) is 10.8 Å². The van der Waals surface area contributed by atoms with E-state index in [1.54, 1.807) is 14.2 Å². The van der Waals surface area contributed by atoms with Crippen molar-refractivity contribution in [3.63, 3.8) is 0 Å². The predicted octanol–water partition coefficient (Wildman–Crippen LogP) is 3.82. The van der Waals surface area contributed by atoms with Crippen molar-refractivity contribution >= 4 is 16.7 Å². The zero-order valence-corrected chi connectivity index (χ0v) is 12.9. The van der Waals surface area contributed by atoms with Crippen molar-refractivity contribution < 1.29 is 19.0 Å². The largest absolute Gasteiger partial charge is 0.496 e. The van der Waals surface area contributed by atoms with Crippen LogP contribution in [0.5, 0.6) is 17.2 Å². The Labute approximate surface area is 123 Å². The standard InChI is InChI=1S/C17H18O4/c1-8(2)10-7-12(19-4)14-13-11(10)6-9(3)15(20-5)16(13)21-17(14)18/h6-8H,1-5H3. The number of rotatable bonds is 3. The average Bonchev–Trinajstić information content (AvgIpc) is 2.78. The highest BCUT2D eigenvalue weighted by atomic mass is 16.6. The number of carbonyl (C=O) groups excluding carboxylic acids is 1. The van der Waals surface area contributed by atoms with Gasteiger partial charge in [-0.05, 0) is 41.5 Å². The van der Waals surface area contributed by atoms with Crippen molar-refractivity contribution in [2.24, 2.45) is 0 Å². The first-order chi connectivity index (χ1) is 9.99. The molecule has 110 valence electrons. The van der Waals surface area contributed by atoms with E-state index < -0.39 is 0 Å². The van der Waals surface area contributed by atoms with Gasteiger partial charge in [-0.1, -0.05) is 13.8 Å². The van der Waals surface area contributed by atoms with Gasteiger partial charge in [0.25, 0.3) is 0 Å². The second-order valence-corrected chi connectivity index (χ2v) is 5.57. The molecule has 0 saturated carbocycles. The van der Waals surface area contributed by atoms with E-state index in [1.807, 2.05) is 13.0 Å². The number of methoxy groups -OCH3 is 2. The summed E-state index contributed by atoms with van der Waals surface area (Å²) in [6, 6.07) is 3.99. The minimum atomic E-state index is -0.383. The Kier molecular flexibility index (Phi) is 3.04. The van der Waals surface area contributed by atoms with E-state index in [1.165, 1.54) is 0 Å². The molecule has 0 atom stereocenters. The first-order valence-corrected chi connectivity index (χ1v) is 6.94. The number of esters is 1. The monoisotopic (exact) mass is 286 g/mol. The van der Waals surface area contributed by atoms with E-state index >= 15 is 0 Å². The summed E-state index contributed by atoms with van der Waals surface area (Å²) in [7, 11) is 3.15. The summed E-state index contributed by atoms with van der Waals surface area (Å²) in [4.78, 5) is 12.2. The molecule has 0 saturated heterocycles. The second-order valence-electron chi connectivity index (χ2n) is 5.57. The number of benzene rings is 2. The lowest BCUT2D eigenvalue weighted by molar-refractivity contribution is 0.0747. The molecule has 2 aromatic rings. The zero-order valence-electron chi connectivity index (χ0n) is 12.9. The van der Waals surface area contributed by atoms with Crippen LogP contribution in [0.3, 0.4) is 0 Å². The highest BCUT2D eigenvalue weighted by Crippen LogP contribution is 2.49. The average molecular weight is 286 g/mol. The Balaban J connectivity index is 2.53. The van der Waals surface area contributed by atoms with E-state index in [-0.39, 0.29) is 5.97 Å². The molecule has 0 radical (unpaired) electrons. The number of aryl methyl sites for hydroxylation is 1. The van der Waals surface area contributed by atoms with Gasteiger partial charge in [-0.25, -0.2) is 4.79 Å². The fraction of sp³-hybridized carbons (Fsp3) is 0.353. The van der Waals surface area contributed by atoms with Crippen LogP contribution in [0.1, 0.15) is 41.3 Å². The molecule has 1 aliphatic rings. The SMILES string of the molecule is COc1cc(C(C)C)c2cc(C)c(OC)c3c2c1C(=O)O3. The summed E-state index contributed by atoms with van der Waals surface area (Å²) >= 11 is 0. The summed E-state index contributed by atoms with van der Waals surface area (Å²) in [5.41, 5.74) is 2.58. The molecule has 0 amide bonds. The van der Waals surface area contributed by atoms with Gasteiger partial charge in [0.1, 0.15) is 11.3 Å². The summed E-state index contributed by atoms with van der Waals surface area (Å²) in [6.07, 6.45) is 0. The molecule has 1 aliphatic heterocycles. The molecule has 0 bridgehead atoms. The Morgan fingerprint density at radius 2 is 1.86 bits per heavy atom. The van der Waals surface area contributed by atoms with E-state index in [0.29, 0.717) is 28.7 Å². The molecule has 0 aliphatic carbocycles. The van der Waals surface area contributed by atoms with Crippen LogP contribution in [0.4, 0.5) is 0 Å². The highest BCUT2D eigenvalue weighted by Gasteiger charge is 2.33. The van der Waals surface area contributed by atoms with Crippen molar-refractivity contribution in [3.8, 4) is 17.2 Å². The maximum absolute atomic E-state index is 12.2. The number of hydrogen-bond acceptors (Lipinski definition) is 4. The summed E-state index contributed by atoms with van der Waals surface area (Å²) in [5, 5.41) is 1.82. The molecule has 4 heteroatoms. The van der Waals surface area contributed by atoms with Gasteiger partial charge in [0.15, 0.2) is 11.5 Å². The predicted molar refractivity (Wildman–Crippen MR) is 80.8 cm³/mol. The van der Waals surface area contributed by atoms with Crippen molar-refractivity contribution in [3.05, 3.63) is 28.8 Å². The molecule has 0 spiro atoms. The quantitative estimate of drug-likeness (QED) is 0.635. The molecule has 21 heavy (non-hydrogen) atoms. The molecular formula is C17H18O4. The van der Waals surface area contributed by atoms with Gasteiger partial charge < -0.3 is 14.2 Å². The topological polar surface area (TPSA) is 44.8 Å². The Bertz CT molecular complexity index is 759. The third-order valence-electron chi connectivity index (χ3n) is 3.96. The van der Waals surface area contributed by atoms with E-state index in [2.05, 4.69) is 19.9 Å². The lowest BCUT2D eigenvalue weighted by Gasteiger charge is -2.15. The highest BCUT2D eigenvalue weighted by molar-refractivity contribution is 6.17. The Morgan fingerprint density at radius 1 is 1.14 bits per heavy atom. The molecule has 1 heterocycles. The van der Waals surface area contributed by atoms with Gasteiger partial charge in [0.05, 0.1) is 14.2 Å². The first-order valence-electron chi connectivity index (χ1n) is 6.94. The van der Waals surface area contributed by atoms with Crippen LogP contribution >= 0.6 is 0 Å². The van der Waals surface area contributed by atoms with Gasteiger partial charge in [0.2, 0.25) is 0 Å². The van der Waals surface area contributed by atoms with Gasteiger partial charge >= 0.3 is 5.97 Å². The lowest BCUT2D eigenvalue weighted by Crippen LogP contribution is -2.04. The zero-order chi connectivity index (χ0) is 15.3. The third kappa shape index (κ3) is 1.78. The summed E-state index contributed by atoms with van der Waals surface area (Å²) in [5.74, 6) is 1.60. The van der Waals surface area contributed by atoms with E-state index in [0.717, 1.165) is 21.9 Å². The van der Waals surface area contributed by atoms with Crippen LogP contribution in [0.15, 0.2) is 12.1 Å². The van der Waals surface area contributed by atoms with Crippen molar-refractivity contribution in [1.29, 1.82) is 0 Å². The van der Waals surface area contributed by atoms with Gasteiger partial charge in [-0.15, -0.1) is 0 Å². The molecule has 0 unspecified atom stereocenters. The van der Waals surface area contributed by atoms with Gasteiger partial charge in [0, 0.05) is 5.39 Å². The Morgan fingerprint density at radius 3 is 2.43 bits per heavy atom. The van der Waals surface area contributed by atoms with Crippen molar-refractivity contribution in [2.45, 2.75) is 26.7 Å². The van der Waals surface area contributed by atoms with Crippen molar-refractivity contribution in [2.75, 3.05) is 14.2 Å². The summed E-state index contributed by atoms with van der Waals surface area (Å²) < 4.78 is 16.3. The van der Waals surface area contributed by atoms with Crippen LogP contribution in [-0.2, 0) is 0 Å².